The highest BCUT2D eigenvalue weighted by molar-refractivity contribution is 5.94. The van der Waals surface area contributed by atoms with Crippen LogP contribution in [0.1, 0.15) is 28.4 Å². The van der Waals surface area contributed by atoms with Crippen molar-refractivity contribution in [2.45, 2.75) is 12.3 Å². The first kappa shape index (κ1) is 28.0. The second kappa shape index (κ2) is 11.8. The molecule has 0 aliphatic carbocycles. The highest BCUT2D eigenvalue weighted by Crippen LogP contribution is 2.36. The van der Waals surface area contributed by atoms with E-state index in [9.17, 15) is 14.0 Å². The molecule has 0 saturated heterocycles. The van der Waals surface area contributed by atoms with Crippen LogP contribution in [0, 0.1) is 17.0 Å². The van der Waals surface area contributed by atoms with Gasteiger partial charge in [0.1, 0.15) is 28.9 Å². The second-order valence-electron chi connectivity index (χ2n) is 9.15. The third-order valence-corrected chi connectivity index (χ3v) is 6.25. The van der Waals surface area contributed by atoms with E-state index >= 15 is 4.39 Å². The van der Waals surface area contributed by atoms with E-state index in [-0.39, 0.29) is 46.7 Å². The number of hydrogen-bond donors (Lipinski definition) is 3. The molecule has 0 spiro atoms. The lowest BCUT2D eigenvalue weighted by molar-refractivity contribution is -0.130. The van der Waals surface area contributed by atoms with Gasteiger partial charge in [-0.15, -0.1) is 5.10 Å². The number of hydrogen-bond acceptors (Lipinski definition) is 6. The SMILES string of the molecule is COc1cc(OCC(=O)N(C)C)c(F)c(C(Cc2ccc(C(=N)N)cc2)c2nn(-c3ccccc3F)c(=O)[nH]2)c1. The summed E-state index contributed by atoms with van der Waals surface area (Å²) in [6.45, 7) is -0.410. The van der Waals surface area contributed by atoms with Gasteiger partial charge in [0.15, 0.2) is 18.2 Å². The summed E-state index contributed by atoms with van der Waals surface area (Å²) in [6, 6.07) is 15.2. The summed E-state index contributed by atoms with van der Waals surface area (Å²) in [7, 11) is 4.50. The number of nitrogen functional groups attached to an aromatic ring is 1. The molecule has 12 heteroatoms. The lowest BCUT2D eigenvalue weighted by atomic mass is 9.90. The predicted octanol–water partition coefficient (Wildman–Crippen LogP) is 2.97. The van der Waals surface area contributed by atoms with E-state index in [1.807, 2.05) is 0 Å². The lowest BCUT2D eigenvalue weighted by Gasteiger charge is -2.19. The van der Waals surface area contributed by atoms with Gasteiger partial charge in [-0.1, -0.05) is 36.4 Å². The summed E-state index contributed by atoms with van der Waals surface area (Å²) in [5, 5.41) is 12.0. The molecule has 1 aromatic heterocycles. The van der Waals surface area contributed by atoms with Crippen LogP contribution in [0.25, 0.3) is 5.69 Å². The molecule has 1 atom stereocenters. The maximum Gasteiger partial charge on any atom is 0.348 e. The number of ether oxygens (including phenoxy) is 2. The van der Waals surface area contributed by atoms with Crippen molar-refractivity contribution in [3.05, 3.63) is 105 Å². The smallest absolute Gasteiger partial charge is 0.348 e. The van der Waals surface area contributed by atoms with Gasteiger partial charge in [-0.3, -0.25) is 15.2 Å². The predicted molar refractivity (Wildman–Crippen MR) is 144 cm³/mol. The third-order valence-electron chi connectivity index (χ3n) is 6.25. The van der Waals surface area contributed by atoms with E-state index < -0.39 is 29.8 Å². The van der Waals surface area contributed by atoms with Gasteiger partial charge in [-0.2, -0.15) is 4.68 Å². The summed E-state index contributed by atoms with van der Waals surface area (Å²) in [5.74, 6) is -2.74. The van der Waals surface area contributed by atoms with Crippen LogP contribution in [0.4, 0.5) is 8.78 Å². The molecule has 4 rings (SSSR count). The van der Waals surface area contributed by atoms with Gasteiger partial charge in [0, 0.05) is 31.3 Å². The van der Waals surface area contributed by atoms with Gasteiger partial charge in [0.2, 0.25) is 0 Å². The molecule has 0 fully saturated rings. The Balaban J connectivity index is 1.84. The Kier molecular flexibility index (Phi) is 8.27. The minimum absolute atomic E-state index is 0.0615. The Labute approximate surface area is 228 Å². The molecule has 0 saturated carbocycles. The minimum atomic E-state index is -0.897. The lowest BCUT2D eigenvalue weighted by Crippen LogP contribution is -2.27. The standard InChI is InChI=1S/C28H28F2N6O4/c1-35(2)24(37)15-40-23-14-18(39-3)13-19(25(23)30)20(12-16-8-10-17(11-9-16)26(31)32)27-33-28(38)36(34-27)22-7-5-4-6-21(22)29/h4-11,13-14,20H,12,15H2,1-3H3,(H3,31,32)(H,33,34,38). The second-order valence-corrected chi connectivity index (χ2v) is 9.15. The number of benzene rings is 3. The molecule has 10 nitrogen and oxygen atoms in total. The average Bonchev–Trinajstić information content (AvgIpc) is 3.32. The molecule has 3 aromatic carbocycles. The fourth-order valence-corrected chi connectivity index (χ4v) is 4.03. The number of H-pyrrole nitrogens is 1. The Morgan fingerprint density at radius 3 is 2.48 bits per heavy atom. The number of halogens is 2. The van der Waals surface area contributed by atoms with Crippen molar-refractivity contribution in [2.24, 2.45) is 5.73 Å². The first-order valence-electron chi connectivity index (χ1n) is 12.2. The van der Waals surface area contributed by atoms with Crippen molar-refractivity contribution in [1.29, 1.82) is 5.41 Å². The Morgan fingerprint density at radius 2 is 1.85 bits per heavy atom. The maximum absolute atomic E-state index is 16.0. The molecule has 4 N–H and O–H groups in total. The van der Waals surface area contributed by atoms with E-state index in [1.165, 1.54) is 42.3 Å². The number of amidine groups is 1. The van der Waals surface area contributed by atoms with Crippen LogP contribution in [0.2, 0.25) is 0 Å². The van der Waals surface area contributed by atoms with Crippen LogP contribution in [0.5, 0.6) is 11.5 Å². The fourth-order valence-electron chi connectivity index (χ4n) is 4.03. The number of rotatable bonds is 10. The first-order chi connectivity index (χ1) is 19.1. The quantitative estimate of drug-likeness (QED) is 0.205. The number of aromatic nitrogens is 3. The molecule has 4 aromatic rings. The topological polar surface area (TPSA) is 139 Å². The Bertz CT molecular complexity index is 1600. The number of para-hydroxylation sites is 1. The van der Waals surface area contributed by atoms with Crippen LogP contribution < -0.4 is 20.9 Å². The van der Waals surface area contributed by atoms with E-state index in [1.54, 1.807) is 44.4 Å². The molecule has 0 aliphatic heterocycles. The van der Waals surface area contributed by atoms with Gasteiger partial charge in [-0.05, 0) is 30.2 Å². The van der Waals surface area contributed by atoms with E-state index in [0.717, 1.165) is 4.68 Å². The van der Waals surface area contributed by atoms with Crippen molar-refractivity contribution < 1.29 is 23.0 Å². The summed E-state index contributed by atoms with van der Waals surface area (Å²) in [4.78, 5) is 28.9. The summed E-state index contributed by atoms with van der Waals surface area (Å²) < 4.78 is 42.3. The first-order valence-corrected chi connectivity index (χ1v) is 12.2. The van der Waals surface area contributed by atoms with Crippen molar-refractivity contribution in [3.8, 4) is 17.2 Å². The number of nitrogens with two attached hydrogens (primary N) is 1. The zero-order chi connectivity index (χ0) is 29.0. The van der Waals surface area contributed by atoms with Crippen molar-refractivity contribution in [2.75, 3.05) is 27.8 Å². The van der Waals surface area contributed by atoms with E-state index in [2.05, 4.69) is 10.1 Å². The fraction of sp³-hybridized carbons (Fsp3) is 0.214. The van der Waals surface area contributed by atoms with E-state index in [4.69, 9.17) is 20.6 Å². The summed E-state index contributed by atoms with van der Waals surface area (Å²) in [5.41, 5.74) is 6.06. The number of nitrogens with zero attached hydrogens (tertiary/aromatic N) is 3. The average molecular weight is 551 g/mol. The zero-order valence-electron chi connectivity index (χ0n) is 22.1. The molecular formula is C28H28F2N6O4. The van der Waals surface area contributed by atoms with Gasteiger partial charge >= 0.3 is 5.69 Å². The molecule has 0 aliphatic rings. The summed E-state index contributed by atoms with van der Waals surface area (Å²) >= 11 is 0. The van der Waals surface area contributed by atoms with Crippen LogP contribution in [0.3, 0.4) is 0 Å². The Morgan fingerprint density at radius 1 is 1.15 bits per heavy atom. The van der Waals surface area contributed by atoms with Crippen LogP contribution in [0.15, 0.2) is 65.5 Å². The number of amides is 1. The zero-order valence-corrected chi connectivity index (χ0v) is 22.1. The molecule has 1 amide bonds. The molecule has 1 heterocycles. The van der Waals surface area contributed by atoms with Gasteiger partial charge in [0.05, 0.1) is 13.0 Å². The monoisotopic (exact) mass is 550 g/mol. The van der Waals surface area contributed by atoms with Crippen molar-refractivity contribution >= 4 is 11.7 Å². The minimum Gasteiger partial charge on any atom is -0.497 e. The molecule has 0 radical (unpaired) electrons. The normalized spacial score (nSPS) is 11.6. The van der Waals surface area contributed by atoms with E-state index in [0.29, 0.717) is 11.1 Å². The van der Waals surface area contributed by atoms with Crippen LogP contribution in [-0.2, 0) is 11.2 Å². The number of likely N-dealkylation sites (N-methyl/N-ethyl adjacent to an activating group) is 1. The highest BCUT2D eigenvalue weighted by Gasteiger charge is 2.27. The summed E-state index contributed by atoms with van der Waals surface area (Å²) in [6.07, 6.45) is 0.141. The highest BCUT2D eigenvalue weighted by atomic mass is 19.1. The largest absolute Gasteiger partial charge is 0.497 e. The molecular weight excluding hydrogens is 522 g/mol. The molecule has 0 bridgehead atoms. The van der Waals surface area contributed by atoms with Gasteiger partial charge in [-0.25, -0.2) is 13.6 Å². The van der Waals surface area contributed by atoms with Crippen LogP contribution >= 0.6 is 0 Å². The van der Waals surface area contributed by atoms with Crippen molar-refractivity contribution in [3.63, 3.8) is 0 Å². The van der Waals surface area contributed by atoms with Gasteiger partial charge in [0.25, 0.3) is 5.91 Å². The molecule has 1 unspecified atom stereocenters. The van der Waals surface area contributed by atoms with Crippen LogP contribution in [-0.4, -0.2) is 59.2 Å². The van der Waals surface area contributed by atoms with Gasteiger partial charge < -0.3 is 20.1 Å². The van der Waals surface area contributed by atoms with Crippen molar-refractivity contribution in [1.82, 2.24) is 19.7 Å². The number of carbonyl (C=O) groups is 1. The maximum atomic E-state index is 16.0. The number of carbonyl (C=O) groups excluding carboxylic acids is 1. The number of methoxy groups -OCH3 is 1. The third kappa shape index (κ3) is 6.01. The number of nitrogens with one attached hydrogen (secondary N) is 2. The molecule has 208 valence electrons. The Hall–Kier alpha value is -5.00. The molecule has 40 heavy (non-hydrogen) atoms. The number of aromatic amines is 1.